The molecule has 3 heteroatoms. The monoisotopic (exact) mass is 134 g/mol. The molecule has 0 heterocycles. The minimum atomic E-state index is 0.318. The van der Waals surface area contributed by atoms with Crippen molar-refractivity contribution in [3.05, 3.63) is 0 Å². The first kappa shape index (κ1) is 8.27. The van der Waals surface area contributed by atoms with Gasteiger partial charge in [-0.3, -0.25) is 4.90 Å². The molecule has 1 unspecified atom stereocenters. The Bertz CT molecular complexity index is 56.4. The molecule has 2 N–H and O–H groups in total. The van der Waals surface area contributed by atoms with Crippen molar-refractivity contribution < 1.29 is 0 Å². The van der Waals surface area contributed by atoms with Crippen LogP contribution < -0.4 is 5.73 Å². The number of hydrogen-bond donors (Lipinski definition) is 2. The Kier molecular flexibility index (Phi) is 4.32. The van der Waals surface area contributed by atoms with Gasteiger partial charge in [-0.15, -0.1) is 0 Å². The Morgan fingerprint density at radius 2 is 2.25 bits per heavy atom. The highest BCUT2D eigenvalue weighted by molar-refractivity contribution is 7.80. The third kappa shape index (κ3) is 3.29. The Morgan fingerprint density at radius 1 is 1.75 bits per heavy atom. The zero-order valence-corrected chi connectivity index (χ0v) is 6.36. The van der Waals surface area contributed by atoms with E-state index in [9.17, 15) is 0 Å². The molecule has 1 atom stereocenters. The van der Waals surface area contributed by atoms with E-state index in [-0.39, 0.29) is 0 Å². The summed E-state index contributed by atoms with van der Waals surface area (Å²) in [4.78, 5) is 2.09. The first-order valence-corrected chi connectivity index (χ1v) is 3.28. The highest BCUT2D eigenvalue weighted by Crippen LogP contribution is 1.96. The van der Waals surface area contributed by atoms with Gasteiger partial charge in [0.25, 0.3) is 0 Å². The lowest BCUT2D eigenvalue weighted by atomic mass is 10.5. The summed E-state index contributed by atoms with van der Waals surface area (Å²) in [5.74, 6) is 0. The van der Waals surface area contributed by atoms with Crippen molar-refractivity contribution in [1.29, 1.82) is 0 Å². The van der Waals surface area contributed by atoms with E-state index in [1.807, 2.05) is 14.0 Å². The molecule has 0 saturated heterocycles. The van der Waals surface area contributed by atoms with Gasteiger partial charge in [0.2, 0.25) is 0 Å². The van der Waals surface area contributed by atoms with Gasteiger partial charge >= 0.3 is 0 Å². The summed E-state index contributed by atoms with van der Waals surface area (Å²) < 4.78 is 0. The predicted molar refractivity (Wildman–Crippen MR) is 40.1 cm³/mol. The summed E-state index contributed by atoms with van der Waals surface area (Å²) in [7, 11) is 2.00. The fraction of sp³-hybridized carbons (Fsp3) is 1.00. The van der Waals surface area contributed by atoms with Crippen molar-refractivity contribution in [3.63, 3.8) is 0 Å². The van der Waals surface area contributed by atoms with Gasteiger partial charge < -0.3 is 5.73 Å². The van der Waals surface area contributed by atoms with Gasteiger partial charge in [-0.25, -0.2) is 0 Å². The van der Waals surface area contributed by atoms with Gasteiger partial charge in [0.1, 0.15) is 0 Å². The molecule has 8 heavy (non-hydrogen) atoms. The second kappa shape index (κ2) is 4.18. The van der Waals surface area contributed by atoms with E-state index in [4.69, 9.17) is 5.73 Å². The summed E-state index contributed by atoms with van der Waals surface area (Å²) >= 11 is 4.20. The minimum absolute atomic E-state index is 0.318. The normalized spacial score (nSPS) is 14.6. The third-order valence-corrected chi connectivity index (χ3v) is 1.51. The molecule has 0 aromatic carbocycles. The maximum absolute atomic E-state index is 5.29. The Hall–Kier alpha value is 0.270. The van der Waals surface area contributed by atoms with Crippen molar-refractivity contribution in [2.24, 2.45) is 5.73 Å². The molecule has 0 bridgehead atoms. The van der Waals surface area contributed by atoms with E-state index >= 15 is 0 Å². The summed E-state index contributed by atoms with van der Waals surface area (Å²) in [6, 6.07) is 0. The van der Waals surface area contributed by atoms with Gasteiger partial charge in [0.15, 0.2) is 0 Å². The molecular formula is C5H14N2S. The maximum atomic E-state index is 5.29. The molecule has 0 saturated carbocycles. The van der Waals surface area contributed by atoms with Crippen LogP contribution in [0.4, 0.5) is 0 Å². The van der Waals surface area contributed by atoms with Crippen LogP contribution in [0.3, 0.4) is 0 Å². The number of rotatable bonds is 3. The summed E-state index contributed by atoms with van der Waals surface area (Å²) in [6.07, 6.45) is 0. The van der Waals surface area contributed by atoms with Crippen LogP contribution in [0.25, 0.3) is 0 Å². The highest BCUT2D eigenvalue weighted by Gasteiger charge is 1.99. The lowest BCUT2D eigenvalue weighted by Crippen LogP contribution is -2.29. The van der Waals surface area contributed by atoms with Crippen molar-refractivity contribution in [3.8, 4) is 0 Å². The third-order valence-electron chi connectivity index (χ3n) is 1.12. The first-order chi connectivity index (χ1) is 3.68. The fourth-order valence-corrected chi connectivity index (χ4v) is 0.506. The molecular weight excluding hydrogens is 120 g/mol. The number of likely N-dealkylation sites (N-methyl/N-ethyl adjacent to an activating group) is 1. The molecule has 0 aromatic rings. The van der Waals surface area contributed by atoms with Crippen LogP contribution >= 0.6 is 12.6 Å². The summed E-state index contributed by atoms with van der Waals surface area (Å²) in [6.45, 7) is 3.66. The van der Waals surface area contributed by atoms with Crippen LogP contribution in [0.15, 0.2) is 0 Å². The van der Waals surface area contributed by atoms with Crippen molar-refractivity contribution in [1.82, 2.24) is 4.90 Å². The quantitative estimate of drug-likeness (QED) is 0.425. The number of nitrogens with zero attached hydrogens (tertiary/aromatic N) is 1. The molecule has 0 aliphatic rings. The smallest absolute Gasteiger partial charge is 0.0496 e. The van der Waals surface area contributed by atoms with Gasteiger partial charge in [0, 0.05) is 18.5 Å². The Balaban J connectivity index is 3.17. The molecule has 0 amide bonds. The van der Waals surface area contributed by atoms with Crippen molar-refractivity contribution >= 4 is 12.6 Å². The number of hydrogen-bond acceptors (Lipinski definition) is 3. The van der Waals surface area contributed by atoms with E-state index in [1.165, 1.54) is 0 Å². The average molecular weight is 134 g/mol. The van der Waals surface area contributed by atoms with Crippen LogP contribution in [-0.2, 0) is 0 Å². The van der Waals surface area contributed by atoms with Gasteiger partial charge in [-0.1, -0.05) is 0 Å². The molecule has 2 nitrogen and oxygen atoms in total. The fourth-order valence-electron chi connectivity index (χ4n) is 0.390. The van der Waals surface area contributed by atoms with E-state index in [0.29, 0.717) is 11.9 Å². The Labute approximate surface area is 56.5 Å². The Morgan fingerprint density at radius 3 is 2.38 bits per heavy atom. The first-order valence-electron chi connectivity index (χ1n) is 2.77. The second-order valence-electron chi connectivity index (χ2n) is 1.90. The van der Waals surface area contributed by atoms with Crippen LogP contribution in [0.2, 0.25) is 0 Å². The number of nitrogens with two attached hydrogens (primary N) is 1. The topological polar surface area (TPSA) is 29.3 Å². The van der Waals surface area contributed by atoms with Crippen LogP contribution in [0, 0.1) is 0 Å². The van der Waals surface area contributed by atoms with Gasteiger partial charge in [-0.05, 0) is 14.0 Å². The number of thiol groups is 1. The van der Waals surface area contributed by atoms with Crippen LogP contribution in [0.5, 0.6) is 0 Å². The standard InChI is InChI=1S/C5H14N2S/c1-5(8)7(2)4-3-6/h5,8H,3-4,6H2,1-2H3. The zero-order valence-electron chi connectivity index (χ0n) is 5.46. The molecule has 0 aliphatic carbocycles. The summed E-state index contributed by atoms with van der Waals surface area (Å²) in [5.41, 5.74) is 5.29. The molecule has 0 fully saturated rings. The second-order valence-corrected chi connectivity index (χ2v) is 2.65. The molecule has 0 spiro atoms. The SMILES string of the molecule is CC(S)N(C)CCN. The van der Waals surface area contributed by atoms with Crippen molar-refractivity contribution in [2.75, 3.05) is 20.1 Å². The van der Waals surface area contributed by atoms with E-state index in [1.54, 1.807) is 0 Å². The molecule has 0 aliphatic heterocycles. The highest BCUT2D eigenvalue weighted by atomic mass is 32.1. The van der Waals surface area contributed by atoms with Crippen LogP contribution in [-0.4, -0.2) is 30.4 Å². The molecule has 0 radical (unpaired) electrons. The van der Waals surface area contributed by atoms with E-state index in [2.05, 4.69) is 17.5 Å². The van der Waals surface area contributed by atoms with Gasteiger partial charge in [0.05, 0.1) is 0 Å². The van der Waals surface area contributed by atoms with Gasteiger partial charge in [-0.2, -0.15) is 12.6 Å². The lowest BCUT2D eigenvalue weighted by Gasteiger charge is -2.18. The maximum Gasteiger partial charge on any atom is 0.0496 e. The van der Waals surface area contributed by atoms with E-state index in [0.717, 1.165) is 6.54 Å². The van der Waals surface area contributed by atoms with E-state index < -0.39 is 0 Å². The zero-order chi connectivity index (χ0) is 6.57. The van der Waals surface area contributed by atoms with Crippen LogP contribution in [0.1, 0.15) is 6.92 Å². The predicted octanol–water partition coefficient (Wildman–Crippen LogP) is 0.153. The molecule has 50 valence electrons. The lowest BCUT2D eigenvalue weighted by molar-refractivity contribution is 0.339. The summed E-state index contributed by atoms with van der Waals surface area (Å²) in [5, 5.41) is 0.318. The molecule has 0 rings (SSSR count). The average Bonchev–Trinajstić information content (AvgIpc) is 1.67. The minimum Gasteiger partial charge on any atom is -0.329 e. The largest absolute Gasteiger partial charge is 0.329 e. The van der Waals surface area contributed by atoms with Crippen molar-refractivity contribution in [2.45, 2.75) is 12.3 Å². The molecule has 0 aromatic heterocycles.